The second-order valence-electron chi connectivity index (χ2n) is 5.85. The summed E-state index contributed by atoms with van der Waals surface area (Å²) in [6, 6.07) is 6.66. The summed E-state index contributed by atoms with van der Waals surface area (Å²) < 4.78 is 11.4. The number of hydrogen-bond acceptors (Lipinski definition) is 4. The summed E-state index contributed by atoms with van der Waals surface area (Å²) in [6.07, 6.45) is 2.28. The topological polar surface area (TPSA) is 41.9 Å². The predicted octanol–water partition coefficient (Wildman–Crippen LogP) is 2.05. The van der Waals surface area contributed by atoms with Gasteiger partial charge in [-0.2, -0.15) is 0 Å². The van der Waals surface area contributed by atoms with Gasteiger partial charge >= 0.3 is 0 Å². The number of fused-ring (bicyclic) bond motifs is 1. The van der Waals surface area contributed by atoms with E-state index < -0.39 is 0 Å². The molecule has 2 unspecified atom stereocenters. The first-order valence-corrected chi connectivity index (χ1v) is 7.50. The Balaban J connectivity index is 1.76. The van der Waals surface area contributed by atoms with Crippen LogP contribution in [0.3, 0.4) is 0 Å². The lowest BCUT2D eigenvalue weighted by Gasteiger charge is -2.38. The number of benzene rings is 1. The Morgan fingerprint density at radius 3 is 2.95 bits per heavy atom. The van der Waals surface area contributed by atoms with Gasteiger partial charge in [-0.15, -0.1) is 0 Å². The second kappa shape index (κ2) is 6.02. The van der Waals surface area contributed by atoms with Gasteiger partial charge in [0.2, 0.25) is 0 Å². The molecule has 1 aromatic carbocycles. The van der Waals surface area contributed by atoms with Crippen molar-refractivity contribution in [1.82, 2.24) is 4.90 Å². The number of piperidine rings is 1. The molecule has 2 aliphatic heterocycles. The van der Waals surface area contributed by atoms with E-state index in [1.807, 2.05) is 12.1 Å². The van der Waals surface area contributed by atoms with Gasteiger partial charge in [-0.3, -0.25) is 4.90 Å². The molecule has 1 fully saturated rings. The van der Waals surface area contributed by atoms with E-state index in [-0.39, 0.29) is 6.61 Å². The number of rotatable bonds is 3. The minimum absolute atomic E-state index is 0.287. The molecule has 1 aromatic rings. The van der Waals surface area contributed by atoms with Crippen molar-refractivity contribution in [3.8, 4) is 11.5 Å². The Morgan fingerprint density at radius 2 is 2.10 bits per heavy atom. The van der Waals surface area contributed by atoms with E-state index in [4.69, 9.17) is 9.47 Å². The van der Waals surface area contributed by atoms with Gasteiger partial charge in [0.25, 0.3) is 0 Å². The second-order valence-corrected chi connectivity index (χ2v) is 5.85. The van der Waals surface area contributed by atoms with Crippen molar-refractivity contribution in [2.45, 2.75) is 32.4 Å². The number of hydrogen-bond donors (Lipinski definition) is 1. The molecule has 4 nitrogen and oxygen atoms in total. The molecule has 0 amide bonds. The number of aliphatic hydroxyl groups is 1. The zero-order valence-electron chi connectivity index (χ0n) is 12.0. The summed E-state index contributed by atoms with van der Waals surface area (Å²) in [5, 5.41) is 9.38. The van der Waals surface area contributed by atoms with Crippen LogP contribution in [0.1, 0.15) is 25.3 Å². The van der Waals surface area contributed by atoms with Crippen molar-refractivity contribution in [3.05, 3.63) is 23.8 Å². The highest BCUT2D eigenvalue weighted by Crippen LogP contribution is 2.35. The molecule has 0 radical (unpaired) electrons. The van der Waals surface area contributed by atoms with Gasteiger partial charge < -0.3 is 14.6 Å². The van der Waals surface area contributed by atoms with Gasteiger partial charge in [0, 0.05) is 31.3 Å². The fourth-order valence-electron chi connectivity index (χ4n) is 3.11. The fourth-order valence-corrected chi connectivity index (χ4v) is 3.11. The van der Waals surface area contributed by atoms with Gasteiger partial charge in [-0.1, -0.05) is 12.1 Å². The van der Waals surface area contributed by atoms with E-state index in [9.17, 15) is 5.11 Å². The Morgan fingerprint density at radius 1 is 1.25 bits per heavy atom. The van der Waals surface area contributed by atoms with Gasteiger partial charge in [0.05, 0.1) is 0 Å². The number of nitrogens with zero attached hydrogens (tertiary/aromatic N) is 1. The molecule has 0 saturated carbocycles. The van der Waals surface area contributed by atoms with E-state index in [2.05, 4.69) is 17.9 Å². The molecule has 2 atom stereocenters. The van der Waals surface area contributed by atoms with Crippen molar-refractivity contribution in [2.75, 3.05) is 26.4 Å². The summed E-state index contributed by atoms with van der Waals surface area (Å²) in [4.78, 5) is 2.44. The average molecular weight is 277 g/mol. The van der Waals surface area contributed by atoms with Crippen molar-refractivity contribution in [3.63, 3.8) is 0 Å². The van der Waals surface area contributed by atoms with Crippen LogP contribution in [0, 0.1) is 5.92 Å². The third-order valence-corrected chi connectivity index (χ3v) is 4.39. The Hall–Kier alpha value is -1.26. The number of para-hydroxylation sites is 1. The maximum atomic E-state index is 9.38. The molecule has 0 aromatic heterocycles. The lowest BCUT2D eigenvalue weighted by molar-refractivity contribution is 0.0754. The Bertz CT molecular complexity index is 463. The van der Waals surface area contributed by atoms with Crippen LogP contribution in [0.4, 0.5) is 0 Å². The third-order valence-electron chi connectivity index (χ3n) is 4.39. The molecule has 2 aliphatic rings. The standard InChI is InChI=1S/C16H23NO3/c1-12-5-6-13(11-18)9-17(12)10-14-3-2-4-15-16(14)20-8-7-19-15/h2-4,12-13,18H,5-11H2,1H3. The molecule has 110 valence electrons. The van der Waals surface area contributed by atoms with Gasteiger partial charge in [0.1, 0.15) is 13.2 Å². The SMILES string of the molecule is CC1CCC(CO)CN1Cc1cccc2c1OCCO2. The number of ether oxygens (including phenoxy) is 2. The van der Waals surface area contributed by atoms with E-state index in [0.29, 0.717) is 25.2 Å². The molecular weight excluding hydrogens is 254 g/mol. The third kappa shape index (κ3) is 2.76. The lowest BCUT2D eigenvalue weighted by atomic mass is 9.93. The van der Waals surface area contributed by atoms with E-state index in [1.54, 1.807) is 0 Å². The van der Waals surface area contributed by atoms with Crippen LogP contribution in [-0.2, 0) is 6.54 Å². The first kappa shape index (κ1) is 13.7. The summed E-state index contributed by atoms with van der Waals surface area (Å²) >= 11 is 0. The van der Waals surface area contributed by atoms with Gasteiger partial charge in [0.15, 0.2) is 11.5 Å². The molecule has 0 bridgehead atoms. The molecule has 1 saturated heterocycles. The summed E-state index contributed by atoms with van der Waals surface area (Å²) in [5.41, 5.74) is 1.19. The quantitative estimate of drug-likeness (QED) is 0.918. The zero-order chi connectivity index (χ0) is 13.9. The van der Waals surface area contributed by atoms with Crippen molar-refractivity contribution < 1.29 is 14.6 Å². The van der Waals surface area contributed by atoms with Crippen LogP contribution in [0.25, 0.3) is 0 Å². The highest BCUT2D eigenvalue weighted by atomic mass is 16.6. The van der Waals surface area contributed by atoms with Crippen LogP contribution in [0.2, 0.25) is 0 Å². The van der Waals surface area contributed by atoms with Crippen LogP contribution in [-0.4, -0.2) is 42.4 Å². The van der Waals surface area contributed by atoms with Crippen LogP contribution in [0.15, 0.2) is 18.2 Å². The molecule has 20 heavy (non-hydrogen) atoms. The molecule has 0 spiro atoms. The van der Waals surface area contributed by atoms with Gasteiger partial charge in [-0.25, -0.2) is 0 Å². The minimum atomic E-state index is 0.287. The minimum Gasteiger partial charge on any atom is -0.486 e. The highest BCUT2D eigenvalue weighted by Gasteiger charge is 2.26. The summed E-state index contributed by atoms with van der Waals surface area (Å²) in [5.74, 6) is 2.16. The maximum absolute atomic E-state index is 9.38. The molecule has 0 aliphatic carbocycles. The van der Waals surface area contributed by atoms with E-state index in [0.717, 1.165) is 37.4 Å². The van der Waals surface area contributed by atoms with Crippen LogP contribution in [0.5, 0.6) is 11.5 Å². The monoisotopic (exact) mass is 277 g/mol. The first-order chi connectivity index (χ1) is 9.78. The molecule has 1 N–H and O–H groups in total. The normalized spacial score (nSPS) is 26.5. The summed E-state index contributed by atoms with van der Waals surface area (Å²) in [6.45, 7) is 5.63. The molecule has 4 heteroatoms. The van der Waals surface area contributed by atoms with Crippen LogP contribution < -0.4 is 9.47 Å². The number of aliphatic hydroxyl groups excluding tert-OH is 1. The first-order valence-electron chi connectivity index (χ1n) is 7.50. The van der Waals surface area contributed by atoms with Crippen LogP contribution >= 0.6 is 0 Å². The zero-order valence-corrected chi connectivity index (χ0v) is 12.0. The van der Waals surface area contributed by atoms with Gasteiger partial charge in [-0.05, 0) is 31.7 Å². The lowest BCUT2D eigenvalue weighted by Crippen LogP contribution is -2.42. The molecule has 2 heterocycles. The van der Waals surface area contributed by atoms with E-state index >= 15 is 0 Å². The fraction of sp³-hybridized carbons (Fsp3) is 0.625. The summed E-state index contributed by atoms with van der Waals surface area (Å²) in [7, 11) is 0. The maximum Gasteiger partial charge on any atom is 0.165 e. The van der Waals surface area contributed by atoms with Crippen molar-refractivity contribution in [1.29, 1.82) is 0 Å². The number of likely N-dealkylation sites (tertiary alicyclic amines) is 1. The predicted molar refractivity (Wildman–Crippen MR) is 77.1 cm³/mol. The molecular formula is C16H23NO3. The smallest absolute Gasteiger partial charge is 0.165 e. The Labute approximate surface area is 120 Å². The average Bonchev–Trinajstić information content (AvgIpc) is 2.50. The Kier molecular flexibility index (Phi) is 4.13. The largest absolute Gasteiger partial charge is 0.486 e. The van der Waals surface area contributed by atoms with E-state index in [1.165, 1.54) is 5.56 Å². The highest BCUT2D eigenvalue weighted by molar-refractivity contribution is 5.47. The van der Waals surface area contributed by atoms with Crippen molar-refractivity contribution in [2.24, 2.45) is 5.92 Å². The van der Waals surface area contributed by atoms with Crippen molar-refractivity contribution >= 4 is 0 Å². The molecule has 3 rings (SSSR count).